The van der Waals surface area contributed by atoms with Crippen molar-refractivity contribution in [3.8, 4) is 5.88 Å². The van der Waals surface area contributed by atoms with Crippen LogP contribution in [0.5, 0.6) is 5.88 Å². The van der Waals surface area contributed by atoms with Crippen molar-refractivity contribution in [2.45, 2.75) is 26.8 Å². The molecule has 78 valence electrons. The van der Waals surface area contributed by atoms with Crippen LogP contribution >= 0.6 is 0 Å². The van der Waals surface area contributed by atoms with E-state index in [9.17, 15) is 0 Å². The standard InChI is InChI=1S/C11H18N2O/c1-8(2)7-14-11-6-10(9(3)12)4-5-13-11/h4-6,8-9H,7,12H2,1-3H3/t9-/m1/s1. The third-order valence-corrected chi connectivity index (χ3v) is 1.85. The molecule has 0 aliphatic rings. The van der Waals surface area contributed by atoms with E-state index >= 15 is 0 Å². The number of rotatable bonds is 4. The third-order valence-electron chi connectivity index (χ3n) is 1.85. The molecule has 1 aromatic heterocycles. The molecule has 2 N–H and O–H groups in total. The third kappa shape index (κ3) is 3.34. The molecule has 0 saturated carbocycles. The van der Waals surface area contributed by atoms with Crippen LogP contribution in [0, 0.1) is 5.92 Å². The van der Waals surface area contributed by atoms with E-state index in [1.165, 1.54) is 0 Å². The van der Waals surface area contributed by atoms with Crippen LogP contribution in [0.15, 0.2) is 18.3 Å². The highest BCUT2D eigenvalue weighted by Crippen LogP contribution is 2.14. The number of pyridine rings is 1. The van der Waals surface area contributed by atoms with E-state index in [0.29, 0.717) is 18.4 Å². The first kappa shape index (κ1) is 11.0. The summed E-state index contributed by atoms with van der Waals surface area (Å²) in [4.78, 5) is 4.12. The van der Waals surface area contributed by atoms with Crippen LogP contribution in [-0.4, -0.2) is 11.6 Å². The molecule has 0 fully saturated rings. The fraction of sp³-hybridized carbons (Fsp3) is 0.545. The summed E-state index contributed by atoms with van der Waals surface area (Å²) in [5.74, 6) is 1.17. The lowest BCUT2D eigenvalue weighted by molar-refractivity contribution is 0.261. The zero-order valence-corrected chi connectivity index (χ0v) is 9.03. The number of hydrogen-bond donors (Lipinski definition) is 1. The van der Waals surface area contributed by atoms with Gasteiger partial charge in [-0.2, -0.15) is 0 Å². The van der Waals surface area contributed by atoms with Gasteiger partial charge in [0.05, 0.1) is 6.61 Å². The van der Waals surface area contributed by atoms with Gasteiger partial charge in [0.1, 0.15) is 0 Å². The monoisotopic (exact) mass is 194 g/mol. The lowest BCUT2D eigenvalue weighted by atomic mass is 10.1. The van der Waals surface area contributed by atoms with E-state index in [1.807, 2.05) is 19.1 Å². The van der Waals surface area contributed by atoms with Crippen molar-refractivity contribution in [3.63, 3.8) is 0 Å². The maximum Gasteiger partial charge on any atom is 0.213 e. The average molecular weight is 194 g/mol. The molecule has 3 nitrogen and oxygen atoms in total. The SMILES string of the molecule is CC(C)COc1cc([C@@H](C)N)ccn1. The molecule has 0 aliphatic heterocycles. The summed E-state index contributed by atoms with van der Waals surface area (Å²) in [6.07, 6.45) is 1.73. The quantitative estimate of drug-likeness (QED) is 0.798. The predicted molar refractivity (Wildman–Crippen MR) is 57.2 cm³/mol. The van der Waals surface area contributed by atoms with E-state index in [1.54, 1.807) is 6.20 Å². The molecule has 1 rings (SSSR count). The number of aromatic nitrogens is 1. The second kappa shape index (κ2) is 4.96. The van der Waals surface area contributed by atoms with Crippen LogP contribution in [0.25, 0.3) is 0 Å². The Labute approximate surface area is 85.3 Å². The predicted octanol–water partition coefficient (Wildman–Crippen LogP) is 2.14. The van der Waals surface area contributed by atoms with Gasteiger partial charge in [0.15, 0.2) is 0 Å². The fourth-order valence-electron chi connectivity index (χ4n) is 1.04. The highest BCUT2D eigenvalue weighted by Gasteiger charge is 2.02. The van der Waals surface area contributed by atoms with Crippen LogP contribution in [-0.2, 0) is 0 Å². The van der Waals surface area contributed by atoms with Crippen molar-refractivity contribution in [3.05, 3.63) is 23.9 Å². The molecule has 0 spiro atoms. The molecular formula is C11H18N2O. The molecule has 0 aromatic carbocycles. The van der Waals surface area contributed by atoms with Crippen LogP contribution in [0.2, 0.25) is 0 Å². The van der Waals surface area contributed by atoms with Gasteiger partial charge in [-0.3, -0.25) is 0 Å². The molecular weight excluding hydrogens is 176 g/mol. The Hall–Kier alpha value is -1.09. The summed E-state index contributed by atoms with van der Waals surface area (Å²) in [6, 6.07) is 3.83. The van der Waals surface area contributed by atoms with E-state index in [2.05, 4.69) is 18.8 Å². The molecule has 0 unspecified atom stereocenters. The summed E-state index contributed by atoms with van der Waals surface area (Å²) < 4.78 is 5.49. The maximum atomic E-state index is 5.76. The van der Waals surface area contributed by atoms with Gasteiger partial charge in [-0.1, -0.05) is 13.8 Å². The van der Waals surface area contributed by atoms with Crippen LogP contribution in [0.3, 0.4) is 0 Å². The topological polar surface area (TPSA) is 48.1 Å². The summed E-state index contributed by atoms with van der Waals surface area (Å²) in [5.41, 5.74) is 6.81. The molecule has 1 atom stereocenters. The summed E-state index contributed by atoms with van der Waals surface area (Å²) in [6.45, 7) is 6.85. The van der Waals surface area contributed by atoms with Crippen molar-refractivity contribution < 1.29 is 4.74 Å². The minimum atomic E-state index is 0.0272. The van der Waals surface area contributed by atoms with E-state index in [0.717, 1.165) is 5.56 Å². The Morgan fingerprint density at radius 3 is 2.71 bits per heavy atom. The summed E-state index contributed by atoms with van der Waals surface area (Å²) in [5, 5.41) is 0. The maximum absolute atomic E-state index is 5.76. The molecule has 0 radical (unpaired) electrons. The van der Waals surface area contributed by atoms with Crippen LogP contribution < -0.4 is 10.5 Å². The summed E-state index contributed by atoms with van der Waals surface area (Å²) in [7, 11) is 0. The van der Waals surface area contributed by atoms with Crippen molar-refractivity contribution in [1.29, 1.82) is 0 Å². The number of hydrogen-bond acceptors (Lipinski definition) is 3. The normalized spacial score (nSPS) is 12.9. The second-order valence-corrected chi connectivity index (χ2v) is 3.92. The Balaban J connectivity index is 2.64. The van der Waals surface area contributed by atoms with Crippen molar-refractivity contribution >= 4 is 0 Å². The molecule has 14 heavy (non-hydrogen) atoms. The second-order valence-electron chi connectivity index (χ2n) is 3.92. The Kier molecular flexibility index (Phi) is 3.89. The molecule has 1 aromatic rings. The number of nitrogens with zero attached hydrogens (tertiary/aromatic N) is 1. The lowest BCUT2D eigenvalue weighted by Crippen LogP contribution is -2.08. The average Bonchev–Trinajstić information content (AvgIpc) is 2.15. The Bertz CT molecular complexity index is 284. The van der Waals surface area contributed by atoms with Gasteiger partial charge in [0.2, 0.25) is 5.88 Å². The molecule has 1 heterocycles. The molecule has 0 aliphatic carbocycles. The van der Waals surface area contributed by atoms with Gasteiger partial charge in [0.25, 0.3) is 0 Å². The van der Waals surface area contributed by atoms with E-state index < -0.39 is 0 Å². The van der Waals surface area contributed by atoms with E-state index in [4.69, 9.17) is 10.5 Å². The number of ether oxygens (including phenoxy) is 1. The van der Waals surface area contributed by atoms with E-state index in [-0.39, 0.29) is 6.04 Å². The van der Waals surface area contributed by atoms with Gasteiger partial charge in [-0.15, -0.1) is 0 Å². The van der Waals surface area contributed by atoms with Gasteiger partial charge >= 0.3 is 0 Å². The van der Waals surface area contributed by atoms with Gasteiger partial charge in [-0.05, 0) is 24.5 Å². The Morgan fingerprint density at radius 2 is 2.14 bits per heavy atom. The fourth-order valence-corrected chi connectivity index (χ4v) is 1.04. The van der Waals surface area contributed by atoms with Gasteiger partial charge in [0, 0.05) is 18.3 Å². The Morgan fingerprint density at radius 1 is 1.43 bits per heavy atom. The first-order valence-corrected chi connectivity index (χ1v) is 4.94. The highest BCUT2D eigenvalue weighted by molar-refractivity contribution is 5.22. The minimum Gasteiger partial charge on any atom is -0.477 e. The molecule has 0 saturated heterocycles. The van der Waals surface area contributed by atoms with Crippen LogP contribution in [0.4, 0.5) is 0 Å². The number of nitrogens with two attached hydrogens (primary N) is 1. The van der Waals surface area contributed by atoms with Crippen molar-refractivity contribution in [2.75, 3.05) is 6.61 Å². The summed E-state index contributed by atoms with van der Waals surface area (Å²) >= 11 is 0. The van der Waals surface area contributed by atoms with Crippen molar-refractivity contribution in [1.82, 2.24) is 4.98 Å². The smallest absolute Gasteiger partial charge is 0.213 e. The van der Waals surface area contributed by atoms with Crippen molar-refractivity contribution in [2.24, 2.45) is 11.7 Å². The van der Waals surface area contributed by atoms with Gasteiger partial charge in [-0.25, -0.2) is 4.98 Å². The van der Waals surface area contributed by atoms with Crippen LogP contribution in [0.1, 0.15) is 32.4 Å². The van der Waals surface area contributed by atoms with Gasteiger partial charge < -0.3 is 10.5 Å². The zero-order chi connectivity index (χ0) is 10.6. The minimum absolute atomic E-state index is 0.0272. The molecule has 0 amide bonds. The molecule has 0 bridgehead atoms. The largest absolute Gasteiger partial charge is 0.477 e. The highest BCUT2D eigenvalue weighted by atomic mass is 16.5. The zero-order valence-electron chi connectivity index (χ0n) is 9.03. The first-order chi connectivity index (χ1) is 6.59. The lowest BCUT2D eigenvalue weighted by Gasteiger charge is -2.10. The first-order valence-electron chi connectivity index (χ1n) is 4.94. The molecule has 3 heteroatoms.